The van der Waals surface area contributed by atoms with Crippen molar-refractivity contribution < 1.29 is 14.6 Å². The predicted octanol–water partition coefficient (Wildman–Crippen LogP) is 2.32. The smallest absolute Gasteiger partial charge is 0.355 e. The molecule has 4 heteroatoms. The van der Waals surface area contributed by atoms with E-state index in [9.17, 15) is 9.90 Å². The van der Waals surface area contributed by atoms with Gasteiger partial charge < -0.3 is 14.8 Å². The number of aromatic nitrogens is 1. The van der Waals surface area contributed by atoms with E-state index in [0.29, 0.717) is 25.1 Å². The molecule has 1 aliphatic carbocycles. The number of hydrogen-bond acceptors (Lipinski definition) is 3. The fourth-order valence-electron chi connectivity index (χ4n) is 2.69. The number of aliphatic hydroxyl groups excluding tert-OH is 1. The summed E-state index contributed by atoms with van der Waals surface area (Å²) in [6.07, 6.45) is 0.912. The Morgan fingerprint density at radius 2 is 2.39 bits per heavy atom. The van der Waals surface area contributed by atoms with Crippen LogP contribution in [0, 0.1) is 0 Å². The molecule has 1 aliphatic rings. The van der Waals surface area contributed by atoms with Gasteiger partial charge in [0.05, 0.1) is 12.7 Å². The van der Waals surface area contributed by atoms with Crippen molar-refractivity contribution in [2.24, 2.45) is 0 Å². The molecule has 0 fully saturated rings. The fraction of sp³-hybridized carbons (Fsp3) is 0.357. The van der Waals surface area contributed by atoms with E-state index in [1.54, 1.807) is 6.92 Å². The van der Waals surface area contributed by atoms with Crippen LogP contribution in [0.1, 0.15) is 41.1 Å². The summed E-state index contributed by atoms with van der Waals surface area (Å²) in [6, 6.07) is 5.73. The molecule has 1 unspecified atom stereocenters. The number of rotatable bonds is 2. The van der Waals surface area contributed by atoms with Crippen molar-refractivity contribution in [2.45, 2.75) is 25.9 Å². The highest BCUT2D eigenvalue weighted by Crippen LogP contribution is 2.37. The van der Waals surface area contributed by atoms with Crippen molar-refractivity contribution in [1.29, 1.82) is 0 Å². The van der Waals surface area contributed by atoms with Crippen LogP contribution in [0.4, 0.5) is 0 Å². The second-order valence-corrected chi connectivity index (χ2v) is 4.52. The van der Waals surface area contributed by atoms with Crippen LogP contribution < -0.4 is 0 Å². The van der Waals surface area contributed by atoms with Crippen molar-refractivity contribution in [3.8, 4) is 0 Å². The fourth-order valence-corrected chi connectivity index (χ4v) is 2.69. The monoisotopic (exact) mass is 245 g/mol. The minimum absolute atomic E-state index is 0.314. The number of benzene rings is 1. The first-order valence-corrected chi connectivity index (χ1v) is 6.21. The third-order valence-electron chi connectivity index (χ3n) is 3.47. The third-order valence-corrected chi connectivity index (χ3v) is 3.47. The van der Waals surface area contributed by atoms with E-state index < -0.39 is 6.10 Å². The first-order valence-electron chi connectivity index (χ1n) is 6.21. The molecular formula is C14H15NO3. The van der Waals surface area contributed by atoms with Crippen LogP contribution >= 0.6 is 0 Å². The molecule has 3 rings (SSSR count). The molecule has 1 atom stereocenters. The molecule has 18 heavy (non-hydrogen) atoms. The lowest BCUT2D eigenvalue weighted by atomic mass is 9.89. The maximum atomic E-state index is 11.9. The van der Waals surface area contributed by atoms with Gasteiger partial charge in [-0.15, -0.1) is 0 Å². The first-order chi connectivity index (χ1) is 8.72. The van der Waals surface area contributed by atoms with Crippen LogP contribution in [0.3, 0.4) is 0 Å². The normalized spacial score (nSPS) is 18.0. The van der Waals surface area contributed by atoms with Gasteiger partial charge in [-0.3, -0.25) is 0 Å². The van der Waals surface area contributed by atoms with Gasteiger partial charge >= 0.3 is 5.97 Å². The van der Waals surface area contributed by atoms with Gasteiger partial charge in [-0.2, -0.15) is 0 Å². The molecular weight excluding hydrogens is 230 g/mol. The Balaban J connectivity index is 2.22. The molecule has 0 radical (unpaired) electrons. The molecule has 2 aromatic rings. The number of nitrogens with one attached hydrogen (secondary N) is 1. The summed E-state index contributed by atoms with van der Waals surface area (Å²) in [6.45, 7) is 2.16. The van der Waals surface area contributed by atoms with Crippen molar-refractivity contribution in [1.82, 2.24) is 4.98 Å². The number of aromatic amines is 1. The number of carbonyl (C=O) groups is 1. The zero-order valence-corrected chi connectivity index (χ0v) is 10.2. The van der Waals surface area contributed by atoms with Crippen molar-refractivity contribution in [2.75, 3.05) is 6.61 Å². The number of hydrogen-bond donors (Lipinski definition) is 2. The van der Waals surface area contributed by atoms with Gasteiger partial charge in [0, 0.05) is 10.9 Å². The summed E-state index contributed by atoms with van der Waals surface area (Å²) in [7, 11) is 0. The van der Waals surface area contributed by atoms with E-state index in [-0.39, 0.29) is 5.97 Å². The van der Waals surface area contributed by atoms with Crippen LogP contribution in [-0.4, -0.2) is 22.7 Å². The van der Waals surface area contributed by atoms with Gasteiger partial charge in [0.15, 0.2) is 0 Å². The topological polar surface area (TPSA) is 62.3 Å². The highest BCUT2D eigenvalue weighted by molar-refractivity contribution is 6.00. The summed E-state index contributed by atoms with van der Waals surface area (Å²) < 4.78 is 5.06. The quantitative estimate of drug-likeness (QED) is 0.798. The Bertz CT molecular complexity index is 615. The SMILES string of the molecule is CCOC(=O)c1[nH]c2cccc3c2c1CCC3O. The lowest BCUT2D eigenvalue weighted by Gasteiger charge is -2.18. The first kappa shape index (κ1) is 11.3. The van der Waals surface area contributed by atoms with E-state index in [2.05, 4.69) is 4.98 Å². The maximum absolute atomic E-state index is 11.9. The molecule has 94 valence electrons. The molecule has 4 nitrogen and oxygen atoms in total. The second-order valence-electron chi connectivity index (χ2n) is 4.52. The van der Waals surface area contributed by atoms with Gasteiger partial charge in [0.25, 0.3) is 0 Å². The largest absolute Gasteiger partial charge is 0.461 e. The molecule has 1 heterocycles. The summed E-state index contributed by atoms with van der Waals surface area (Å²) in [5.74, 6) is -0.314. The van der Waals surface area contributed by atoms with Crippen LogP contribution in [0.15, 0.2) is 18.2 Å². The highest BCUT2D eigenvalue weighted by atomic mass is 16.5. The van der Waals surface area contributed by atoms with E-state index in [1.807, 2.05) is 18.2 Å². The van der Waals surface area contributed by atoms with Crippen molar-refractivity contribution in [3.05, 3.63) is 35.0 Å². The Hall–Kier alpha value is -1.81. The molecule has 1 aromatic heterocycles. The third kappa shape index (κ3) is 1.53. The molecule has 0 spiro atoms. The molecule has 0 amide bonds. The molecule has 1 aromatic carbocycles. The lowest BCUT2D eigenvalue weighted by Crippen LogP contribution is -2.11. The Morgan fingerprint density at radius 1 is 1.56 bits per heavy atom. The minimum atomic E-state index is -0.438. The zero-order valence-electron chi connectivity index (χ0n) is 10.2. The van der Waals surface area contributed by atoms with E-state index in [1.165, 1.54) is 0 Å². The minimum Gasteiger partial charge on any atom is -0.461 e. The van der Waals surface area contributed by atoms with Gasteiger partial charge in [-0.05, 0) is 37.0 Å². The zero-order chi connectivity index (χ0) is 12.7. The lowest BCUT2D eigenvalue weighted by molar-refractivity contribution is 0.0518. The number of H-pyrrole nitrogens is 1. The number of ether oxygens (including phenoxy) is 1. The molecule has 0 bridgehead atoms. The van der Waals surface area contributed by atoms with Crippen LogP contribution in [0.2, 0.25) is 0 Å². The summed E-state index contributed by atoms with van der Waals surface area (Å²) in [5, 5.41) is 11.0. The molecule has 0 saturated carbocycles. The van der Waals surface area contributed by atoms with E-state index >= 15 is 0 Å². The van der Waals surface area contributed by atoms with Gasteiger partial charge in [-0.25, -0.2) is 4.79 Å². The van der Waals surface area contributed by atoms with Gasteiger partial charge in [0.1, 0.15) is 5.69 Å². The average molecular weight is 245 g/mol. The highest BCUT2D eigenvalue weighted by Gasteiger charge is 2.26. The van der Waals surface area contributed by atoms with E-state index in [4.69, 9.17) is 4.74 Å². The molecule has 0 saturated heterocycles. The van der Waals surface area contributed by atoms with Crippen molar-refractivity contribution >= 4 is 16.9 Å². The molecule has 0 aliphatic heterocycles. The number of aryl methyl sites for hydroxylation is 1. The maximum Gasteiger partial charge on any atom is 0.355 e. The Labute approximate surface area is 105 Å². The Morgan fingerprint density at radius 3 is 3.17 bits per heavy atom. The number of carbonyl (C=O) groups excluding carboxylic acids is 1. The van der Waals surface area contributed by atoms with Crippen LogP contribution in [0.25, 0.3) is 10.9 Å². The second kappa shape index (κ2) is 4.14. The average Bonchev–Trinajstić information content (AvgIpc) is 2.74. The van der Waals surface area contributed by atoms with Crippen molar-refractivity contribution in [3.63, 3.8) is 0 Å². The summed E-state index contributed by atoms with van der Waals surface area (Å²) >= 11 is 0. The van der Waals surface area contributed by atoms with Crippen LogP contribution in [-0.2, 0) is 11.2 Å². The number of esters is 1. The number of aliphatic hydroxyl groups is 1. The summed E-state index contributed by atoms with van der Waals surface area (Å²) in [4.78, 5) is 15.0. The standard InChI is InChI=1S/C14H15NO3/c1-2-18-14(17)13-9-6-7-11(16)8-4-3-5-10(15-13)12(8)9/h3-5,11,15-16H,2,6-7H2,1H3. The van der Waals surface area contributed by atoms with Gasteiger partial charge in [0.2, 0.25) is 0 Å². The van der Waals surface area contributed by atoms with Gasteiger partial charge in [-0.1, -0.05) is 12.1 Å². The Kier molecular flexibility index (Phi) is 2.59. The summed E-state index contributed by atoms with van der Waals surface area (Å²) in [5.41, 5.74) is 3.31. The van der Waals surface area contributed by atoms with Crippen LogP contribution in [0.5, 0.6) is 0 Å². The predicted molar refractivity (Wildman–Crippen MR) is 67.5 cm³/mol. The molecule has 2 N–H and O–H groups in total. The van der Waals surface area contributed by atoms with E-state index in [0.717, 1.165) is 22.0 Å².